The van der Waals surface area contributed by atoms with Crippen LogP contribution in [0.2, 0.25) is 0 Å². The van der Waals surface area contributed by atoms with E-state index in [-0.39, 0.29) is 5.75 Å². The maximum atomic E-state index is 9.90. The summed E-state index contributed by atoms with van der Waals surface area (Å²) in [6.07, 6.45) is 0. The van der Waals surface area contributed by atoms with E-state index in [1.165, 1.54) is 11.1 Å². The van der Waals surface area contributed by atoms with Gasteiger partial charge in [0.15, 0.2) is 5.75 Å². The van der Waals surface area contributed by atoms with Gasteiger partial charge in [-0.2, -0.15) is 0 Å². The molecule has 1 heterocycles. The zero-order valence-corrected chi connectivity index (χ0v) is 15.6. The van der Waals surface area contributed by atoms with Crippen molar-refractivity contribution in [2.75, 3.05) is 0 Å². The molecule has 0 saturated heterocycles. The van der Waals surface area contributed by atoms with Crippen LogP contribution in [0.15, 0.2) is 72.8 Å². The molecule has 4 rings (SSSR count). The number of hydrogen-bond acceptors (Lipinski definition) is 3. The largest absolute Gasteiger partial charge is 0.508 e. The SMILES string of the molecule is CC(C)c1ccccc1-c1sc2cc(O)ccc2c1Oc1ccccc1. The fourth-order valence-corrected chi connectivity index (χ4v) is 4.36. The van der Waals surface area contributed by atoms with Gasteiger partial charge < -0.3 is 9.84 Å². The van der Waals surface area contributed by atoms with Crippen molar-refractivity contribution in [3.05, 3.63) is 78.4 Å². The predicted octanol–water partition coefficient (Wildman–Crippen LogP) is 7.19. The second-order valence-electron chi connectivity index (χ2n) is 6.60. The van der Waals surface area contributed by atoms with Gasteiger partial charge in [-0.3, -0.25) is 0 Å². The van der Waals surface area contributed by atoms with Crippen molar-refractivity contribution >= 4 is 21.4 Å². The lowest BCUT2D eigenvalue weighted by Crippen LogP contribution is -1.92. The number of thiophene rings is 1. The molecular formula is C23H20O2S. The highest BCUT2D eigenvalue weighted by atomic mass is 32.1. The third-order valence-corrected chi connectivity index (χ3v) is 5.59. The molecule has 0 fully saturated rings. The molecule has 0 bridgehead atoms. The lowest BCUT2D eigenvalue weighted by Gasteiger charge is -2.13. The quantitative estimate of drug-likeness (QED) is 0.417. The van der Waals surface area contributed by atoms with Crippen molar-refractivity contribution in [2.45, 2.75) is 19.8 Å². The van der Waals surface area contributed by atoms with E-state index in [4.69, 9.17) is 4.74 Å². The first-order valence-corrected chi connectivity index (χ1v) is 9.53. The Morgan fingerprint density at radius 3 is 2.38 bits per heavy atom. The minimum Gasteiger partial charge on any atom is -0.508 e. The molecule has 26 heavy (non-hydrogen) atoms. The molecule has 3 aromatic carbocycles. The molecule has 0 radical (unpaired) electrons. The van der Waals surface area contributed by atoms with Gasteiger partial charge in [-0.05, 0) is 47.4 Å². The van der Waals surface area contributed by atoms with E-state index >= 15 is 0 Å². The van der Waals surface area contributed by atoms with Gasteiger partial charge in [0.2, 0.25) is 0 Å². The van der Waals surface area contributed by atoms with Crippen LogP contribution in [0.25, 0.3) is 20.5 Å². The van der Waals surface area contributed by atoms with Gasteiger partial charge in [-0.15, -0.1) is 11.3 Å². The maximum Gasteiger partial charge on any atom is 0.153 e. The Morgan fingerprint density at radius 1 is 0.885 bits per heavy atom. The standard InChI is InChI=1S/C23H20O2S/c1-15(2)18-10-6-7-11-19(18)23-22(25-17-8-4-3-5-9-17)20-13-12-16(24)14-21(20)26-23/h3-15,24H,1-2H3. The van der Waals surface area contributed by atoms with E-state index in [1.54, 1.807) is 23.5 Å². The summed E-state index contributed by atoms with van der Waals surface area (Å²) in [6, 6.07) is 23.8. The molecule has 0 saturated carbocycles. The van der Waals surface area contributed by atoms with E-state index < -0.39 is 0 Å². The summed E-state index contributed by atoms with van der Waals surface area (Å²) in [7, 11) is 0. The van der Waals surface area contributed by atoms with Gasteiger partial charge in [-0.25, -0.2) is 0 Å². The van der Waals surface area contributed by atoms with Gasteiger partial charge in [0.1, 0.15) is 11.5 Å². The monoisotopic (exact) mass is 360 g/mol. The molecule has 130 valence electrons. The number of rotatable bonds is 4. The van der Waals surface area contributed by atoms with Crippen LogP contribution in [0, 0.1) is 0 Å². The summed E-state index contributed by atoms with van der Waals surface area (Å²) in [5.74, 6) is 2.34. The molecule has 0 aliphatic rings. The van der Waals surface area contributed by atoms with E-state index in [1.807, 2.05) is 36.4 Å². The summed E-state index contributed by atoms with van der Waals surface area (Å²) >= 11 is 1.66. The highest BCUT2D eigenvalue weighted by molar-refractivity contribution is 7.22. The van der Waals surface area contributed by atoms with Crippen molar-refractivity contribution in [3.63, 3.8) is 0 Å². The van der Waals surface area contributed by atoms with Gasteiger partial charge in [-0.1, -0.05) is 56.3 Å². The number of ether oxygens (including phenoxy) is 1. The first-order valence-electron chi connectivity index (χ1n) is 8.71. The smallest absolute Gasteiger partial charge is 0.153 e. The maximum absolute atomic E-state index is 9.90. The summed E-state index contributed by atoms with van der Waals surface area (Å²) in [6.45, 7) is 4.41. The molecule has 1 aromatic heterocycles. The Hall–Kier alpha value is -2.78. The molecular weight excluding hydrogens is 340 g/mol. The third-order valence-electron chi connectivity index (χ3n) is 4.42. The highest BCUT2D eigenvalue weighted by Gasteiger charge is 2.19. The lowest BCUT2D eigenvalue weighted by atomic mass is 9.96. The molecule has 0 aliphatic heterocycles. The second-order valence-corrected chi connectivity index (χ2v) is 7.65. The Bertz CT molecular complexity index is 1050. The Kier molecular flexibility index (Phi) is 4.39. The van der Waals surface area contributed by atoms with Gasteiger partial charge in [0.25, 0.3) is 0 Å². The van der Waals surface area contributed by atoms with E-state index in [9.17, 15) is 5.11 Å². The molecule has 4 aromatic rings. The minimum atomic E-state index is 0.272. The van der Waals surface area contributed by atoms with Crippen LogP contribution in [0.3, 0.4) is 0 Å². The van der Waals surface area contributed by atoms with Gasteiger partial charge >= 0.3 is 0 Å². The van der Waals surface area contributed by atoms with E-state index in [0.29, 0.717) is 5.92 Å². The van der Waals surface area contributed by atoms with Gasteiger partial charge in [0.05, 0.1) is 4.88 Å². The number of hydrogen-bond donors (Lipinski definition) is 1. The number of phenols is 1. The van der Waals surface area contributed by atoms with E-state index in [2.05, 4.69) is 38.1 Å². The Morgan fingerprint density at radius 2 is 1.62 bits per heavy atom. The molecule has 0 aliphatic carbocycles. The Balaban J connectivity index is 1.95. The normalized spacial score (nSPS) is 11.2. The summed E-state index contributed by atoms with van der Waals surface area (Å²) < 4.78 is 7.34. The van der Waals surface area contributed by atoms with Crippen LogP contribution in [0.5, 0.6) is 17.2 Å². The molecule has 0 unspecified atom stereocenters. The molecule has 0 spiro atoms. The van der Waals surface area contributed by atoms with Crippen molar-refractivity contribution in [1.29, 1.82) is 0 Å². The van der Waals surface area contributed by atoms with Gasteiger partial charge in [0, 0.05) is 10.1 Å². The van der Waals surface area contributed by atoms with Crippen LogP contribution in [0.1, 0.15) is 25.3 Å². The molecule has 3 heteroatoms. The van der Waals surface area contributed by atoms with Crippen LogP contribution in [-0.2, 0) is 0 Å². The zero-order valence-electron chi connectivity index (χ0n) is 14.8. The molecule has 0 amide bonds. The summed E-state index contributed by atoms with van der Waals surface area (Å²) in [5.41, 5.74) is 2.48. The minimum absolute atomic E-state index is 0.272. The molecule has 1 N–H and O–H groups in total. The van der Waals surface area contributed by atoms with Crippen LogP contribution in [0.4, 0.5) is 0 Å². The average Bonchev–Trinajstić information content (AvgIpc) is 3.00. The predicted molar refractivity (Wildman–Crippen MR) is 110 cm³/mol. The zero-order chi connectivity index (χ0) is 18.1. The highest BCUT2D eigenvalue weighted by Crippen LogP contribution is 2.48. The number of para-hydroxylation sites is 1. The lowest BCUT2D eigenvalue weighted by molar-refractivity contribution is 0.476. The average molecular weight is 360 g/mol. The number of aromatic hydroxyl groups is 1. The third kappa shape index (κ3) is 3.06. The number of benzene rings is 3. The first kappa shape index (κ1) is 16.7. The molecule has 0 atom stereocenters. The van der Waals surface area contributed by atoms with Crippen LogP contribution >= 0.6 is 11.3 Å². The van der Waals surface area contributed by atoms with Crippen LogP contribution in [-0.4, -0.2) is 5.11 Å². The number of phenolic OH excluding ortho intramolecular Hbond substituents is 1. The fraction of sp³-hybridized carbons (Fsp3) is 0.130. The van der Waals surface area contributed by atoms with E-state index in [0.717, 1.165) is 26.5 Å². The summed E-state index contributed by atoms with van der Waals surface area (Å²) in [4.78, 5) is 1.10. The van der Waals surface area contributed by atoms with Crippen molar-refractivity contribution in [2.24, 2.45) is 0 Å². The van der Waals surface area contributed by atoms with Crippen LogP contribution < -0.4 is 4.74 Å². The number of fused-ring (bicyclic) bond motifs is 1. The first-order chi connectivity index (χ1) is 12.6. The van der Waals surface area contributed by atoms with Crippen molar-refractivity contribution in [3.8, 4) is 27.7 Å². The second kappa shape index (κ2) is 6.85. The van der Waals surface area contributed by atoms with Crippen molar-refractivity contribution < 1.29 is 9.84 Å². The van der Waals surface area contributed by atoms with Crippen molar-refractivity contribution in [1.82, 2.24) is 0 Å². The topological polar surface area (TPSA) is 29.5 Å². The summed E-state index contributed by atoms with van der Waals surface area (Å²) in [5, 5.41) is 10.9. The fourth-order valence-electron chi connectivity index (χ4n) is 3.15. The molecule has 2 nitrogen and oxygen atoms in total. The Labute approximate surface area is 157 Å².